The van der Waals surface area contributed by atoms with Gasteiger partial charge in [-0.25, -0.2) is 0 Å². The van der Waals surface area contributed by atoms with Gasteiger partial charge in [-0.05, 0) is 51.4 Å². The fourth-order valence-electron chi connectivity index (χ4n) is 3.53. The van der Waals surface area contributed by atoms with Crippen LogP contribution in [0.25, 0.3) is 0 Å². The van der Waals surface area contributed by atoms with Crippen LogP contribution in [-0.4, -0.2) is 11.1 Å². The predicted molar refractivity (Wildman–Crippen MR) is 124 cm³/mol. The highest BCUT2D eigenvalue weighted by Crippen LogP contribution is 2.12. The smallest absolute Gasteiger partial charge is 0.303 e. The number of aliphatic carboxylic acids is 1. The van der Waals surface area contributed by atoms with E-state index in [1.54, 1.807) is 0 Å². The maximum Gasteiger partial charge on any atom is 0.303 e. The lowest BCUT2D eigenvalue weighted by molar-refractivity contribution is -0.137. The molecule has 28 heavy (non-hydrogen) atoms. The average molecular weight is 393 g/mol. The predicted octanol–water partition coefficient (Wildman–Crippen LogP) is 9.01. The molecule has 0 aliphatic carbocycles. The third kappa shape index (κ3) is 24.9. The summed E-state index contributed by atoms with van der Waals surface area (Å²) in [7, 11) is 0. The molecule has 0 fully saturated rings. The molecule has 0 aliphatic heterocycles. The number of rotatable bonds is 22. The van der Waals surface area contributed by atoms with Gasteiger partial charge in [0.2, 0.25) is 0 Å². The number of carboxylic acid groups (broad SMARTS) is 1. The van der Waals surface area contributed by atoms with Gasteiger partial charge in [-0.2, -0.15) is 0 Å². The van der Waals surface area contributed by atoms with Gasteiger partial charge in [0.15, 0.2) is 0 Å². The largest absolute Gasteiger partial charge is 0.481 e. The van der Waals surface area contributed by atoms with Crippen LogP contribution >= 0.6 is 0 Å². The zero-order chi connectivity index (χ0) is 20.5. The highest BCUT2D eigenvalue weighted by molar-refractivity contribution is 5.66. The molecular formula is C26H48O2. The number of carbonyl (C=O) groups is 1. The number of carboxylic acids is 1. The lowest BCUT2D eigenvalue weighted by Gasteiger charge is -2.01. The third-order valence-corrected chi connectivity index (χ3v) is 5.32. The second kappa shape index (κ2) is 24.0. The first-order chi connectivity index (χ1) is 13.8. The zero-order valence-corrected chi connectivity index (χ0v) is 18.8. The van der Waals surface area contributed by atoms with Crippen molar-refractivity contribution in [1.82, 2.24) is 0 Å². The molecule has 0 saturated carbocycles. The Morgan fingerprint density at radius 2 is 0.857 bits per heavy atom. The summed E-state index contributed by atoms with van der Waals surface area (Å²) in [6, 6.07) is 0. The molecule has 0 atom stereocenters. The van der Waals surface area contributed by atoms with E-state index < -0.39 is 5.97 Å². The number of unbranched alkanes of at least 4 members (excludes halogenated alkanes) is 16. The molecule has 0 aromatic carbocycles. The van der Waals surface area contributed by atoms with Crippen molar-refractivity contribution in [2.24, 2.45) is 0 Å². The second-order valence-corrected chi connectivity index (χ2v) is 8.16. The van der Waals surface area contributed by atoms with Gasteiger partial charge in [-0.1, -0.05) is 102 Å². The Hall–Kier alpha value is -1.05. The first kappa shape index (κ1) is 27.0. The quantitative estimate of drug-likeness (QED) is 0.147. The van der Waals surface area contributed by atoms with Crippen LogP contribution in [0.3, 0.4) is 0 Å². The van der Waals surface area contributed by atoms with Gasteiger partial charge in [0.25, 0.3) is 0 Å². The lowest BCUT2D eigenvalue weighted by atomic mass is 10.1. The van der Waals surface area contributed by atoms with E-state index in [0.29, 0.717) is 6.42 Å². The van der Waals surface area contributed by atoms with Crippen LogP contribution in [0.5, 0.6) is 0 Å². The van der Waals surface area contributed by atoms with Crippen LogP contribution in [-0.2, 0) is 4.79 Å². The Balaban J connectivity index is 3.10. The maximum absolute atomic E-state index is 10.4. The monoisotopic (exact) mass is 392 g/mol. The molecule has 0 aromatic heterocycles. The molecule has 0 unspecified atom stereocenters. The first-order valence-electron chi connectivity index (χ1n) is 12.3. The molecular weight excluding hydrogens is 344 g/mol. The minimum Gasteiger partial charge on any atom is -0.481 e. The van der Waals surface area contributed by atoms with Crippen molar-refractivity contribution in [3.8, 4) is 0 Å². The van der Waals surface area contributed by atoms with Crippen LogP contribution in [0.15, 0.2) is 24.3 Å². The standard InChI is InChI=1S/C26H48O2/c1-2-3-4-5-6-7-8-9-10-11-12-13-14-15-16-17-18-19-20-21-22-23-24-25-26(27)28/h3-4,14-15H,2,5-13,16-25H2,1H3,(H,27,28)/b4-3-,15-14-. The molecule has 0 bridgehead atoms. The summed E-state index contributed by atoms with van der Waals surface area (Å²) in [5, 5.41) is 8.58. The van der Waals surface area contributed by atoms with E-state index in [1.165, 1.54) is 109 Å². The minimum absolute atomic E-state index is 0.337. The van der Waals surface area contributed by atoms with Crippen LogP contribution in [0.2, 0.25) is 0 Å². The summed E-state index contributed by atoms with van der Waals surface area (Å²) >= 11 is 0. The van der Waals surface area contributed by atoms with E-state index in [2.05, 4.69) is 31.2 Å². The van der Waals surface area contributed by atoms with Crippen molar-refractivity contribution in [2.75, 3.05) is 0 Å². The molecule has 0 spiro atoms. The molecule has 1 N–H and O–H groups in total. The Morgan fingerprint density at radius 3 is 1.21 bits per heavy atom. The van der Waals surface area contributed by atoms with Crippen molar-refractivity contribution in [1.29, 1.82) is 0 Å². The molecule has 0 rings (SSSR count). The van der Waals surface area contributed by atoms with Gasteiger partial charge in [-0.3, -0.25) is 4.79 Å². The van der Waals surface area contributed by atoms with Gasteiger partial charge in [0, 0.05) is 6.42 Å². The Morgan fingerprint density at radius 1 is 0.536 bits per heavy atom. The Labute approximate surface area is 175 Å². The van der Waals surface area contributed by atoms with Gasteiger partial charge in [0.05, 0.1) is 0 Å². The van der Waals surface area contributed by atoms with Gasteiger partial charge < -0.3 is 5.11 Å². The average Bonchev–Trinajstić information content (AvgIpc) is 2.68. The van der Waals surface area contributed by atoms with E-state index in [-0.39, 0.29) is 0 Å². The molecule has 0 aliphatic rings. The summed E-state index contributed by atoms with van der Waals surface area (Å²) in [6.07, 6.45) is 34.1. The topological polar surface area (TPSA) is 37.3 Å². The highest BCUT2D eigenvalue weighted by atomic mass is 16.4. The van der Waals surface area contributed by atoms with Crippen molar-refractivity contribution in [3.05, 3.63) is 24.3 Å². The summed E-state index contributed by atoms with van der Waals surface area (Å²) < 4.78 is 0. The molecule has 164 valence electrons. The Bertz CT molecular complexity index is 371. The first-order valence-corrected chi connectivity index (χ1v) is 12.3. The lowest BCUT2D eigenvalue weighted by Crippen LogP contribution is -1.93. The molecule has 2 nitrogen and oxygen atoms in total. The van der Waals surface area contributed by atoms with E-state index >= 15 is 0 Å². The summed E-state index contributed by atoms with van der Waals surface area (Å²) in [5.74, 6) is -0.658. The normalized spacial score (nSPS) is 11.8. The van der Waals surface area contributed by atoms with Gasteiger partial charge in [0.1, 0.15) is 0 Å². The second-order valence-electron chi connectivity index (χ2n) is 8.16. The van der Waals surface area contributed by atoms with E-state index in [1.807, 2.05) is 0 Å². The van der Waals surface area contributed by atoms with E-state index in [4.69, 9.17) is 5.11 Å². The van der Waals surface area contributed by atoms with E-state index in [0.717, 1.165) is 12.8 Å². The maximum atomic E-state index is 10.4. The molecule has 0 amide bonds. The van der Waals surface area contributed by atoms with Crippen molar-refractivity contribution >= 4 is 5.97 Å². The van der Waals surface area contributed by atoms with Crippen molar-refractivity contribution in [3.63, 3.8) is 0 Å². The molecule has 0 saturated heterocycles. The third-order valence-electron chi connectivity index (χ3n) is 5.32. The summed E-state index contributed by atoms with van der Waals surface area (Å²) in [5.41, 5.74) is 0. The molecule has 2 heteroatoms. The summed E-state index contributed by atoms with van der Waals surface area (Å²) in [6.45, 7) is 2.20. The van der Waals surface area contributed by atoms with Crippen LogP contribution in [0.1, 0.15) is 135 Å². The summed E-state index contributed by atoms with van der Waals surface area (Å²) in [4.78, 5) is 10.4. The van der Waals surface area contributed by atoms with Gasteiger partial charge >= 0.3 is 5.97 Å². The van der Waals surface area contributed by atoms with Crippen LogP contribution in [0.4, 0.5) is 0 Å². The highest BCUT2D eigenvalue weighted by Gasteiger charge is 1.96. The fourth-order valence-corrected chi connectivity index (χ4v) is 3.53. The van der Waals surface area contributed by atoms with Crippen molar-refractivity contribution in [2.45, 2.75) is 135 Å². The minimum atomic E-state index is -0.658. The SMILES string of the molecule is CC/C=C\CCCCCCCCC/C=C\CCCCCCCCCCC(=O)O. The molecule has 0 aromatic rings. The molecule has 0 heterocycles. The van der Waals surface area contributed by atoms with Gasteiger partial charge in [-0.15, -0.1) is 0 Å². The number of hydrogen-bond donors (Lipinski definition) is 1. The van der Waals surface area contributed by atoms with Crippen LogP contribution in [0, 0.1) is 0 Å². The van der Waals surface area contributed by atoms with E-state index in [9.17, 15) is 4.79 Å². The number of allylic oxidation sites excluding steroid dienone is 4. The fraction of sp³-hybridized carbons (Fsp3) is 0.808. The van der Waals surface area contributed by atoms with Crippen LogP contribution < -0.4 is 0 Å². The van der Waals surface area contributed by atoms with Crippen molar-refractivity contribution < 1.29 is 9.90 Å². The number of hydrogen-bond acceptors (Lipinski definition) is 1. The molecule has 0 radical (unpaired) electrons. The Kier molecular flexibility index (Phi) is 23.1. The zero-order valence-electron chi connectivity index (χ0n) is 18.8.